The van der Waals surface area contributed by atoms with E-state index in [0.717, 1.165) is 11.4 Å². The molecule has 0 saturated carbocycles. The molecule has 0 atom stereocenters. The second-order valence-electron chi connectivity index (χ2n) is 5.89. The number of nitrogens with zero attached hydrogens (tertiary/aromatic N) is 2. The number of aromatic nitrogens is 1. The third kappa shape index (κ3) is 7.35. The van der Waals surface area contributed by atoms with Gasteiger partial charge in [-0.15, -0.1) is 0 Å². The molecule has 1 N–H and O–H groups in total. The summed E-state index contributed by atoms with van der Waals surface area (Å²) in [4.78, 5) is 29.6. The molecule has 1 aromatic carbocycles. The van der Waals surface area contributed by atoms with Crippen LogP contribution in [0.2, 0.25) is 0 Å². The molecule has 0 spiro atoms. The number of nitrogens with one attached hydrogen (secondary N) is 1. The number of ether oxygens (including phenoxy) is 2. The first-order chi connectivity index (χ1) is 13.1. The van der Waals surface area contributed by atoms with Gasteiger partial charge >= 0.3 is 0 Å². The molecule has 7 nitrogen and oxygen atoms in total. The van der Waals surface area contributed by atoms with Crippen LogP contribution < -0.4 is 14.8 Å². The van der Waals surface area contributed by atoms with Gasteiger partial charge in [0, 0.05) is 26.1 Å². The summed E-state index contributed by atoms with van der Waals surface area (Å²) in [5.41, 5.74) is 0.793. The summed E-state index contributed by atoms with van der Waals surface area (Å²) in [6.45, 7) is 2.98. The van der Waals surface area contributed by atoms with Crippen molar-refractivity contribution in [3.8, 4) is 11.5 Å². The zero-order valence-electron chi connectivity index (χ0n) is 15.7. The maximum atomic E-state index is 12.0. The Morgan fingerprint density at radius 2 is 1.85 bits per heavy atom. The first kappa shape index (κ1) is 20.2. The first-order valence-corrected chi connectivity index (χ1v) is 8.77. The van der Waals surface area contributed by atoms with Crippen LogP contribution in [0.4, 0.5) is 0 Å². The SMILES string of the molecule is COc1ccc(OCCNC(=O)CCN(Cc2ccccn2)C(C)=O)cc1. The van der Waals surface area contributed by atoms with Crippen molar-refractivity contribution in [2.24, 2.45) is 0 Å². The van der Waals surface area contributed by atoms with Crippen LogP contribution in [0.1, 0.15) is 19.0 Å². The molecule has 144 valence electrons. The minimum Gasteiger partial charge on any atom is -0.497 e. The van der Waals surface area contributed by atoms with E-state index in [4.69, 9.17) is 9.47 Å². The minimum absolute atomic E-state index is 0.0868. The minimum atomic E-state index is -0.124. The molecule has 0 unspecified atom stereocenters. The molecule has 2 amide bonds. The monoisotopic (exact) mass is 371 g/mol. The molecule has 0 radical (unpaired) electrons. The Morgan fingerprint density at radius 3 is 2.48 bits per heavy atom. The summed E-state index contributed by atoms with van der Waals surface area (Å²) in [5, 5.41) is 2.79. The van der Waals surface area contributed by atoms with Gasteiger partial charge in [-0.25, -0.2) is 0 Å². The van der Waals surface area contributed by atoms with E-state index < -0.39 is 0 Å². The first-order valence-electron chi connectivity index (χ1n) is 8.77. The van der Waals surface area contributed by atoms with Crippen LogP contribution in [0.25, 0.3) is 0 Å². The Labute approximate surface area is 159 Å². The van der Waals surface area contributed by atoms with Crippen molar-refractivity contribution < 1.29 is 19.1 Å². The predicted molar refractivity (Wildman–Crippen MR) is 101 cm³/mol. The number of rotatable bonds is 10. The number of pyridine rings is 1. The van der Waals surface area contributed by atoms with Gasteiger partial charge in [0.2, 0.25) is 11.8 Å². The zero-order chi connectivity index (χ0) is 19.5. The van der Waals surface area contributed by atoms with E-state index in [9.17, 15) is 9.59 Å². The van der Waals surface area contributed by atoms with Crippen LogP contribution in [-0.4, -0.2) is 48.5 Å². The Morgan fingerprint density at radius 1 is 1.11 bits per heavy atom. The van der Waals surface area contributed by atoms with Gasteiger partial charge in [0.05, 0.1) is 25.9 Å². The van der Waals surface area contributed by atoms with Crippen molar-refractivity contribution in [2.45, 2.75) is 19.9 Å². The number of methoxy groups -OCH3 is 1. The fraction of sp³-hybridized carbons (Fsp3) is 0.350. The van der Waals surface area contributed by atoms with Crippen LogP contribution in [0.3, 0.4) is 0 Å². The highest BCUT2D eigenvalue weighted by Crippen LogP contribution is 2.16. The van der Waals surface area contributed by atoms with Gasteiger partial charge < -0.3 is 19.7 Å². The van der Waals surface area contributed by atoms with Crippen LogP contribution in [0.5, 0.6) is 11.5 Å². The van der Waals surface area contributed by atoms with E-state index in [-0.39, 0.29) is 18.2 Å². The molecule has 0 aliphatic rings. The average Bonchev–Trinajstić information content (AvgIpc) is 2.69. The Kier molecular flexibility index (Phi) is 8.09. The highest BCUT2D eigenvalue weighted by molar-refractivity contribution is 5.78. The van der Waals surface area contributed by atoms with Gasteiger partial charge in [-0.3, -0.25) is 14.6 Å². The summed E-state index contributed by atoms with van der Waals surface area (Å²) in [6.07, 6.45) is 1.91. The van der Waals surface area contributed by atoms with E-state index in [1.54, 1.807) is 18.2 Å². The van der Waals surface area contributed by atoms with Crippen LogP contribution in [0, 0.1) is 0 Å². The molecule has 0 fully saturated rings. The number of carbonyl (C=O) groups excluding carboxylic acids is 2. The van der Waals surface area contributed by atoms with Crippen molar-refractivity contribution >= 4 is 11.8 Å². The predicted octanol–water partition coefficient (Wildman–Crippen LogP) is 2.02. The lowest BCUT2D eigenvalue weighted by Crippen LogP contribution is -2.34. The molecule has 2 rings (SSSR count). The summed E-state index contributed by atoms with van der Waals surface area (Å²) in [7, 11) is 1.61. The number of hydrogen-bond acceptors (Lipinski definition) is 5. The lowest BCUT2D eigenvalue weighted by Gasteiger charge is -2.20. The molecule has 7 heteroatoms. The number of carbonyl (C=O) groups is 2. The fourth-order valence-corrected chi connectivity index (χ4v) is 2.39. The third-order valence-electron chi connectivity index (χ3n) is 3.89. The molecular formula is C20H25N3O4. The second kappa shape index (κ2) is 10.8. The lowest BCUT2D eigenvalue weighted by atomic mass is 10.3. The summed E-state index contributed by atoms with van der Waals surface area (Å²) < 4.78 is 10.6. The highest BCUT2D eigenvalue weighted by atomic mass is 16.5. The highest BCUT2D eigenvalue weighted by Gasteiger charge is 2.12. The van der Waals surface area contributed by atoms with Crippen molar-refractivity contribution in [3.63, 3.8) is 0 Å². The maximum absolute atomic E-state index is 12.0. The standard InChI is InChI=1S/C20H25N3O4/c1-16(24)23(15-17-5-3-4-11-21-17)13-10-20(25)22-12-14-27-19-8-6-18(26-2)7-9-19/h3-9,11H,10,12-15H2,1-2H3,(H,22,25). The van der Waals surface area contributed by atoms with Gasteiger partial charge in [0.15, 0.2) is 0 Å². The van der Waals surface area contributed by atoms with E-state index in [1.807, 2.05) is 42.5 Å². The summed E-state index contributed by atoms with van der Waals surface area (Å²) in [6, 6.07) is 12.8. The largest absolute Gasteiger partial charge is 0.497 e. The molecule has 2 aromatic rings. The number of hydrogen-bond donors (Lipinski definition) is 1. The maximum Gasteiger partial charge on any atom is 0.221 e. The van der Waals surface area contributed by atoms with Gasteiger partial charge in [0.1, 0.15) is 18.1 Å². The van der Waals surface area contributed by atoms with Crippen LogP contribution in [0.15, 0.2) is 48.7 Å². The van der Waals surface area contributed by atoms with Crippen molar-refractivity contribution in [1.29, 1.82) is 0 Å². The molecule has 1 aromatic heterocycles. The van der Waals surface area contributed by atoms with Gasteiger partial charge in [-0.1, -0.05) is 6.07 Å². The quantitative estimate of drug-likeness (QED) is 0.647. The van der Waals surface area contributed by atoms with E-state index in [2.05, 4.69) is 10.3 Å². The topological polar surface area (TPSA) is 80.8 Å². The van der Waals surface area contributed by atoms with Crippen molar-refractivity contribution in [3.05, 3.63) is 54.4 Å². The number of benzene rings is 1. The molecule has 1 heterocycles. The van der Waals surface area contributed by atoms with E-state index >= 15 is 0 Å². The molecule has 0 bridgehead atoms. The third-order valence-corrected chi connectivity index (χ3v) is 3.89. The fourth-order valence-electron chi connectivity index (χ4n) is 2.39. The van der Waals surface area contributed by atoms with E-state index in [0.29, 0.717) is 32.0 Å². The smallest absolute Gasteiger partial charge is 0.221 e. The van der Waals surface area contributed by atoms with Crippen LogP contribution >= 0.6 is 0 Å². The van der Waals surface area contributed by atoms with Crippen molar-refractivity contribution in [2.75, 3.05) is 26.8 Å². The Hall–Kier alpha value is -3.09. The van der Waals surface area contributed by atoms with Gasteiger partial charge in [-0.05, 0) is 36.4 Å². The van der Waals surface area contributed by atoms with Gasteiger partial charge in [-0.2, -0.15) is 0 Å². The normalized spacial score (nSPS) is 10.1. The number of amides is 2. The van der Waals surface area contributed by atoms with Gasteiger partial charge in [0.25, 0.3) is 0 Å². The molecule has 0 saturated heterocycles. The Bertz CT molecular complexity index is 720. The van der Waals surface area contributed by atoms with Crippen LogP contribution in [-0.2, 0) is 16.1 Å². The second-order valence-corrected chi connectivity index (χ2v) is 5.89. The van der Waals surface area contributed by atoms with E-state index in [1.165, 1.54) is 6.92 Å². The molecule has 27 heavy (non-hydrogen) atoms. The summed E-state index contributed by atoms with van der Waals surface area (Å²) in [5.74, 6) is 1.26. The molecular weight excluding hydrogens is 346 g/mol. The Balaban J connectivity index is 1.67. The lowest BCUT2D eigenvalue weighted by molar-refractivity contribution is -0.130. The van der Waals surface area contributed by atoms with Crippen molar-refractivity contribution in [1.82, 2.24) is 15.2 Å². The molecule has 0 aliphatic carbocycles. The zero-order valence-corrected chi connectivity index (χ0v) is 15.7. The summed E-state index contributed by atoms with van der Waals surface area (Å²) >= 11 is 0. The molecule has 0 aliphatic heterocycles. The average molecular weight is 371 g/mol.